The topological polar surface area (TPSA) is 66.9 Å². The van der Waals surface area contributed by atoms with Crippen LogP contribution in [0.25, 0.3) is 6.08 Å². The largest absolute Gasteiger partial charge is 0.462 e. The van der Waals surface area contributed by atoms with Gasteiger partial charge in [-0.15, -0.1) is 0 Å². The third-order valence-corrected chi connectivity index (χ3v) is 6.49. The fourth-order valence-corrected chi connectivity index (χ4v) is 4.74. The quantitative estimate of drug-likeness (QED) is 0.381. The average Bonchev–Trinajstić information content (AvgIpc) is 3.10. The van der Waals surface area contributed by atoms with Gasteiger partial charge in [-0.3, -0.25) is 24.2 Å². The molecule has 0 radical (unpaired) electrons. The van der Waals surface area contributed by atoms with Crippen LogP contribution >= 0.6 is 48.0 Å². The number of benzene rings is 1. The average molecular weight is 439 g/mol. The molecule has 2 aliphatic rings. The van der Waals surface area contributed by atoms with Crippen molar-refractivity contribution in [2.45, 2.75) is 0 Å². The normalized spacial score (nSPS) is 18.7. The number of carbonyl (C=O) groups is 3. The van der Waals surface area contributed by atoms with Gasteiger partial charge in [-0.2, -0.15) is 0 Å². The Morgan fingerprint density at radius 1 is 1.15 bits per heavy atom. The summed E-state index contributed by atoms with van der Waals surface area (Å²) in [6.45, 7) is -0.0351. The molecule has 2 fully saturated rings. The van der Waals surface area contributed by atoms with E-state index in [1.165, 1.54) is 21.6 Å². The predicted octanol–water partition coefficient (Wildman–Crippen LogP) is 2.29. The number of carbonyl (C=O) groups excluding carboxylic acids is 3. The van der Waals surface area contributed by atoms with Crippen molar-refractivity contribution < 1.29 is 19.1 Å². The highest BCUT2D eigenvalue weighted by Crippen LogP contribution is 2.32. The van der Waals surface area contributed by atoms with Crippen molar-refractivity contribution in [2.75, 3.05) is 25.4 Å². The van der Waals surface area contributed by atoms with Gasteiger partial charge in [-0.05, 0) is 11.6 Å². The summed E-state index contributed by atoms with van der Waals surface area (Å²) in [7, 11) is 0. The number of hydrogen-bond donors (Lipinski definition) is 0. The van der Waals surface area contributed by atoms with E-state index < -0.39 is 5.97 Å². The second-order valence-electron chi connectivity index (χ2n) is 5.50. The molecule has 6 nitrogen and oxygen atoms in total. The first-order valence-electron chi connectivity index (χ1n) is 7.89. The van der Waals surface area contributed by atoms with Crippen LogP contribution < -0.4 is 0 Å². The summed E-state index contributed by atoms with van der Waals surface area (Å²) in [6.07, 6.45) is 1.74. The number of thiocarbonyl (C=S) groups is 2. The Bertz CT molecular complexity index is 825. The number of amides is 2. The van der Waals surface area contributed by atoms with Crippen molar-refractivity contribution in [3.63, 3.8) is 0 Å². The summed E-state index contributed by atoms with van der Waals surface area (Å²) < 4.78 is 5.93. The van der Waals surface area contributed by atoms with Gasteiger partial charge in [0.2, 0.25) is 5.91 Å². The zero-order valence-electron chi connectivity index (χ0n) is 14.0. The second kappa shape index (κ2) is 8.96. The van der Waals surface area contributed by atoms with Gasteiger partial charge in [0.15, 0.2) is 0 Å². The summed E-state index contributed by atoms with van der Waals surface area (Å²) in [5, 5.41) is 0. The maximum atomic E-state index is 12.5. The summed E-state index contributed by atoms with van der Waals surface area (Å²) in [4.78, 5) is 39.2. The van der Waals surface area contributed by atoms with Gasteiger partial charge in [-0.25, -0.2) is 0 Å². The van der Waals surface area contributed by atoms with E-state index in [1.807, 2.05) is 30.3 Å². The molecule has 2 saturated heterocycles. The van der Waals surface area contributed by atoms with E-state index in [4.69, 9.17) is 29.2 Å². The molecule has 0 bridgehead atoms. The Balaban J connectivity index is 1.52. The number of esters is 1. The van der Waals surface area contributed by atoms with Gasteiger partial charge in [0.25, 0.3) is 5.91 Å². The fourth-order valence-electron chi connectivity index (χ4n) is 2.36. The minimum Gasteiger partial charge on any atom is -0.462 e. The van der Waals surface area contributed by atoms with E-state index in [2.05, 4.69) is 0 Å². The summed E-state index contributed by atoms with van der Waals surface area (Å²) >= 11 is 12.7. The molecule has 0 N–H and O–H groups in total. The number of hydrogen-bond acceptors (Lipinski definition) is 8. The number of rotatable bonds is 6. The Morgan fingerprint density at radius 2 is 1.89 bits per heavy atom. The molecule has 0 aromatic heterocycles. The highest BCUT2D eigenvalue weighted by molar-refractivity contribution is 8.26. The lowest BCUT2D eigenvalue weighted by molar-refractivity contribution is -0.146. The first kappa shape index (κ1) is 20.0. The van der Waals surface area contributed by atoms with Crippen LogP contribution in [0.3, 0.4) is 0 Å². The van der Waals surface area contributed by atoms with E-state index in [9.17, 15) is 14.4 Å². The van der Waals surface area contributed by atoms with E-state index in [0.29, 0.717) is 19.3 Å². The first-order chi connectivity index (χ1) is 13.0. The molecule has 0 unspecified atom stereocenters. The van der Waals surface area contributed by atoms with Gasteiger partial charge >= 0.3 is 5.97 Å². The monoisotopic (exact) mass is 438 g/mol. The van der Waals surface area contributed by atoms with Crippen molar-refractivity contribution in [2.24, 2.45) is 0 Å². The lowest BCUT2D eigenvalue weighted by atomic mass is 10.2. The zero-order chi connectivity index (χ0) is 19.4. The highest BCUT2D eigenvalue weighted by Gasteiger charge is 2.34. The van der Waals surface area contributed by atoms with Crippen LogP contribution in [0, 0.1) is 0 Å². The van der Waals surface area contributed by atoms with Crippen molar-refractivity contribution in [3.8, 4) is 0 Å². The molecule has 0 atom stereocenters. The highest BCUT2D eigenvalue weighted by atomic mass is 32.2. The van der Waals surface area contributed by atoms with Gasteiger partial charge < -0.3 is 4.74 Å². The molecule has 27 heavy (non-hydrogen) atoms. The van der Waals surface area contributed by atoms with E-state index in [1.54, 1.807) is 6.08 Å². The fraction of sp³-hybridized carbons (Fsp3) is 0.235. The number of nitrogens with zero attached hydrogens (tertiary/aromatic N) is 2. The molecule has 140 valence electrons. The Hall–Kier alpha value is -1.75. The standard InChI is InChI=1S/C17H14N2O4S4/c20-13-10-26-16(24)18(13)6-7-23-14(21)9-19-15(22)12(27-17(19)25)8-11-4-2-1-3-5-11/h1-5,8H,6-7,9-10H2/b12-8+. The minimum atomic E-state index is -0.586. The number of thioether (sulfide) groups is 2. The van der Waals surface area contributed by atoms with E-state index in [0.717, 1.165) is 17.3 Å². The van der Waals surface area contributed by atoms with Crippen molar-refractivity contribution in [3.05, 3.63) is 40.8 Å². The van der Waals surface area contributed by atoms with Crippen LogP contribution in [-0.2, 0) is 19.1 Å². The third kappa shape index (κ3) is 4.95. The van der Waals surface area contributed by atoms with Crippen molar-refractivity contribution >= 4 is 80.5 Å². The minimum absolute atomic E-state index is 0.0138. The molecule has 2 amide bonds. The van der Waals surface area contributed by atoms with Crippen LogP contribution in [0.15, 0.2) is 35.2 Å². The molecule has 1 aromatic carbocycles. The Labute approximate surface area is 175 Å². The maximum Gasteiger partial charge on any atom is 0.326 e. The molecular formula is C17H14N2O4S4. The Kier molecular flexibility index (Phi) is 6.64. The summed E-state index contributed by atoms with van der Waals surface area (Å²) in [5.41, 5.74) is 0.879. The molecule has 2 aliphatic heterocycles. The van der Waals surface area contributed by atoms with Gasteiger partial charge in [0.05, 0.1) is 17.2 Å². The lowest BCUT2D eigenvalue weighted by Crippen LogP contribution is -2.36. The molecule has 2 heterocycles. The molecule has 10 heteroatoms. The summed E-state index contributed by atoms with van der Waals surface area (Å²) in [6, 6.07) is 9.39. The van der Waals surface area contributed by atoms with Crippen molar-refractivity contribution in [1.82, 2.24) is 9.80 Å². The van der Waals surface area contributed by atoms with Gasteiger partial charge in [-0.1, -0.05) is 78.3 Å². The Morgan fingerprint density at radius 3 is 2.56 bits per heavy atom. The molecule has 1 aromatic rings. The zero-order valence-corrected chi connectivity index (χ0v) is 17.2. The van der Waals surface area contributed by atoms with Crippen LogP contribution in [-0.4, -0.2) is 61.7 Å². The smallest absolute Gasteiger partial charge is 0.326 e. The molecule has 3 rings (SSSR count). The van der Waals surface area contributed by atoms with Gasteiger partial charge in [0.1, 0.15) is 21.8 Å². The first-order valence-corrected chi connectivity index (χ1v) is 10.5. The maximum absolute atomic E-state index is 12.5. The molecule has 0 spiro atoms. The second-order valence-corrected chi connectivity index (χ2v) is 8.78. The third-order valence-electron chi connectivity index (χ3n) is 3.68. The molecule has 0 aliphatic carbocycles. The van der Waals surface area contributed by atoms with E-state index in [-0.39, 0.29) is 31.5 Å². The lowest BCUT2D eigenvalue weighted by Gasteiger charge is -2.16. The van der Waals surface area contributed by atoms with Crippen LogP contribution in [0.5, 0.6) is 0 Å². The van der Waals surface area contributed by atoms with Crippen LogP contribution in [0.1, 0.15) is 5.56 Å². The summed E-state index contributed by atoms with van der Waals surface area (Å²) in [5.74, 6) is -0.684. The van der Waals surface area contributed by atoms with Crippen LogP contribution in [0.4, 0.5) is 0 Å². The van der Waals surface area contributed by atoms with Gasteiger partial charge in [0, 0.05) is 0 Å². The van der Waals surface area contributed by atoms with E-state index >= 15 is 0 Å². The SMILES string of the molecule is O=C(CN1C(=O)/C(=C\c2ccccc2)SC1=S)OCCN1C(=O)CSC1=S. The van der Waals surface area contributed by atoms with Crippen LogP contribution in [0.2, 0.25) is 0 Å². The van der Waals surface area contributed by atoms with Crippen molar-refractivity contribution in [1.29, 1.82) is 0 Å². The molecular weight excluding hydrogens is 424 g/mol. The molecule has 0 saturated carbocycles. The predicted molar refractivity (Wildman–Crippen MR) is 114 cm³/mol. The number of ether oxygens (including phenoxy) is 1.